The van der Waals surface area contributed by atoms with Gasteiger partial charge in [0, 0.05) is 5.69 Å². The normalized spacial score (nSPS) is 12.0. The Balaban J connectivity index is 1.62. The zero-order valence-corrected chi connectivity index (χ0v) is 18.2. The number of nitrogens with zero attached hydrogens (tertiary/aromatic N) is 6. The Kier molecular flexibility index (Phi) is 4.58. The second kappa shape index (κ2) is 7.89. The molecule has 6 rings (SSSR count). The van der Waals surface area contributed by atoms with Crippen LogP contribution in [0.1, 0.15) is 5.56 Å². The molecule has 0 bridgehead atoms. The minimum absolute atomic E-state index is 0.201. The molecule has 3 aromatic carbocycles. The van der Waals surface area contributed by atoms with Crippen molar-refractivity contribution in [2.45, 2.75) is 0 Å². The third-order valence-electron chi connectivity index (χ3n) is 5.54. The zero-order valence-electron chi connectivity index (χ0n) is 18.2. The van der Waals surface area contributed by atoms with Crippen LogP contribution in [-0.4, -0.2) is 35.9 Å². The maximum absolute atomic E-state index is 13.6. The Morgan fingerprint density at radius 3 is 2.26 bits per heavy atom. The van der Waals surface area contributed by atoms with Crippen LogP contribution >= 0.6 is 0 Å². The highest BCUT2D eigenvalue weighted by Crippen LogP contribution is 2.17. The Hall–Kier alpha value is -4.92. The molecule has 0 amide bonds. The first kappa shape index (κ1) is 19.7. The lowest BCUT2D eigenvalue weighted by Crippen LogP contribution is -2.30. The van der Waals surface area contributed by atoms with Crippen molar-refractivity contribution < 1.29 is 4.74 Å². The summed E-state index contributed by atoms with van der Waals surface area (Å²) in [7, 11) is 1.62. The number of ether oxygens (including phenoxy) is 1. The predicted molar refractivity (Wildman–Crippen MR) is 129 cm³/mol. The minimum atomic E-state index is -0.201. The molecule has 0 saturated heterocycles. The molecule has 0 aliphatic rings. The van der Waals surface area contributed by atoms with Gasteiger partial charge in [0.25, 0.3) is 17.3 Å². The van der Waals surface area contributed by atoms with Gasteiger partial charge < -0.3 is 10.1 Å². The second-order valence-corrected chi connectivity index (χ2v) is 7.64. The molecule has 0 aliphatic carbocycles. The van der Waals surface area contributed by atoms with Gasteiger partial charge in [0.1, 0.15) is 11.1 Å². The highest BCUT2D eigenvalue weighted by molar-refractivity contribution is 5.60. The molecule has 0 saturated carbocycles. The molecule has 1 N–H and O–H groups in total. The average Bonchev–Trinajstić information content (AvgIpc) is 3.51. The van der Waals surface area contributed by atoms with Crippen LogP contribution in [0.2, 0.25) is 0 Å². The smallest absolute Gasteiger partial charge is 0.282 e. The molecule has 0 aliphatic heterocycles. The van der Waals surface area contributed by atoms with Crippen LogP contribution in [-0.2, 0) is 0 Å². The standard InChI is InChI=1S/C25H19N7O2/c1-34-20-14-12-17(13-15-20)16-21-22(33)30(19-10-6-3-7-11-19)25-29-32-23(27-28-24(32)31(21)25)26-18-8-4-2-5-9-18/h2-16H,1H3,(H,26,27)/b21-16+. The van der Waals surface area contributed by atoms with E-state index in [1.54, 1.807) is 20.6 Å². The lowest BCUT2D eigenvalue weighted by molar-refractivity contribution is 0.415. The number of anilines is 2. The second-order valence-electron chi connectivity index (χ2n) is 7.64. The number of fused-ring (bicyclic) bond motifs is 3. The van der Waals surface area contributed by atoms with Crippen molar-refractivity contribution in [3.05, 3.63) is 106 Å². The zero-order chi connectivity index (χ0) is 23.1. The number of aromatic nitrogens is 6. The van der Waals surface area contributed by atoms with Gasteiger partial charge in [-0.1, -0.05) is 48.5 Å². The number of rotatable bonds is 5. The molecule has 9 heteroatoms. The van der Waals surface area contributed by atoms with Crippen molar-refractivity contribution in [2.24, 2.45) is 0 Å². The van der Waals surface area contributed by atoms with E-state index >= 15 is 0 Å². The van der Waals surface area contributed by atoms with E-state index in [9.17, 15) is 4.79 Å². The van der Waals surface area contributed by atoms with E-state index in [0.29, 0.717) is 28.5 Å². The Labute approximate surface area is 193 Å². The van der Waals surface area contributed by atoms with Crippen LogP contribution in [0.5, 0.6) is 5.75 Å². The minimum Gasteiger partial charge on any atom is -0.497 e. The molecular weight excluding hydrogens is 430 g/mol. The van der Waals surface area contributed by atoms with Gasteiger partial charge in [0.15, 0.2) is 0 Å². The summed E-state index contributed by atoms with van der Waals surface area (Å²) in [5, 5.41) is 17.0. The summed E-state index contributed by atoms with van der Waals surface area (Å²) in [6.45, 7) is 0. The summed E-state index contributed by atoms with van der Waals surface area (Å²) in [4.78, 5) is 13.6. The van der Waals surface area contributed by atoms with Gasteiger partial charge in [-0.05, 0) is 48.0 Å². The predicted octanol–water partition coefficient (Wildman–Crippen LogP) is 2.83. The van der Waals surface area contributed by atoms with E-state index in [2.05, 4.69) is 15.5 Å². The van der Waals surface area contributed by atoms with Crippen LogP contribution in [0.3, 0.4) is 0 Å². The average molecular weight is 449 g/mol. The molecule has 9 nitrogen and oxygen atoms in total. The van der Waals surface area contributed by atoms with Crippen molar-refractivity contribution in [3.63, 3.8) is 0 Å². The first-order valence-corrected chi connectivity index (χ1v) is 10.6. The lowest BCUT2D eigenvalue weighted by Gasteiger charge is -2.01. The lowest BCUT2D eigenvalue weighted by atomic mass is 10.2. The highest BCUT2D eigenvalue weighted by atomic mass is 16.5. The number of nitrogens with one attached hydrogen (secondary N) is 1. The van der Waals surface area contributed by atoms with Crippen LogP contribution in [0.4, 0.5) is 11.6 Å². The molecule has 0 fully saturated rings. The van der Waals surface area contributed by atoms with Crippen LogP contribution in [0.15, 0.2) is 89.7 Å². The Morgan fingerprint density at radius 2 is 1.56 bits per heavy atom. The monoisotopic (exact) mass is 449 g/mol. The van der Waals surface area contributed by atoms with Crippen molar-refractivity contribution in [3.8, 4) is 11.4 Å². The fourth-order valence-electron chi connectivity index (χ4n) is 3.91. The van der Waals surface area contributed by atoms with Crippen LogP contribution < -0.4 is 21.0 Å². The van der Waals surface area contributed by atoms with Crippen molar-refractivity contribution >= 4 is 29.3 Å². The van der Waals surface area contributed by atoms with Crippen LogP contribution in [0.25, 0.3) is 23.3 Å². The Bertz CT molecular complexity index is 1720. The molecule has 3 heterocycles. The molecule has 3 aromatic heterocycles. The summed E-state index contributed by atoms with van der Waals surface area (Å²) in [5.74, 6) is 2.06. The number of para-hydroxylation sites is 2. The first-order valence-electron chi connectivity index (χ1n) is 10.6. The number of hydrogen-bond donors (Lipinski definition) is 1. The number of imidazole rings is 1. The largest absolute Gasteiger partial charge is 0.497 e. The summed E-state index contributed by atoms with van der Waals surface area (Å²) < 4.78 is 10.2. The van der Waals surface area contributed by atoms with Gasteiger partial charge in [-0.25, -0.2) is 8.97 Å². The fraction of sp³-hybridized carbons (Fsp3) is 0.0400. The molecule has 0 unspecified atom stereocenters. The van der Waals surface area contributed by atoms with E-state index in [1.165, 1.54) is 0 Å². The van der Waals surface area contributed by atoms with Gasteiger partial charge in [-0.3, -0.25) is 4.79 Å². The molecule has 34 heavy (non-hydrogen) atoms. The molecule has 6 aromatic rings. The van der Waals surface area contributed by atoms with Gasteiger partial charge in [-0.2, -0.15) is 4.52 Å². The maximum atomic E-state index is 13.6. The van der Waals surface area contributed by atoms with Gasteiger partial charge in [-0.15, -0.1) is 15.3 Å². The van der Waals surface area contributed by atoms with Gasteiger partial charge >= 0.3 is 0 Å². The van der Waals surface area contributed by atoms with Crippen molar-refractivity contribution in [1.29, 1.82) is 0 Å². The third-order valence-corrected chi connectivity index (χ3v) is 5.54. The number of methoxy groups -OCH3 is 1. The summed E-state index contributed by atoms with van der Waals surface area (Å²) in [6.07, 6.45) is 1.81. The SMILES string of the molecule is COc1ccc(/C=c2\c(=O)n(-c3ccccc3)c3nn4c(Nc5ccccc5)nnc4n23)cc1. The molecule has 0 radical (unpaired) electrons. The number of hydrogen-bond acceptors (Lipinski definition) is 6. The van der Waals surface area contributed by atoms with E-state index in [1.807, 2.05) is 91.0 Å². The third kappa shape index (κ3) is 3.18. The summed E-state index contributed by atoms with van der Waals surface area (Å²) in [6, 6.07) is 26.6. The summed E-state index contributed by atoms with van der Waals surface area (Å²) >= 11 is 0. The first-order chi connectivity index (χ1) is 16.7. The van der Waals surface area contributed by atoms with Crippen molar-refractivity contribution in [1.82, 2.24) is 28.8 Å². The maximum Gasteiger partial charge on any atom is 0.282 e. The van der Waals surface area contributed by atoms with E-state index in [-0.39, 0.29) is 5.56 Å². The van der Waals surface area contributed by atoms with Gasteiger partial charge in [0.05, 0.1) is 12.8 Å². The fourth-order valence-corrected chi connectivity index (χ4v) is 3.91. The molecular formula is C25H19N7O2. The quantitative estimate of drug-likeness (QED) is 0.435. The molecule has 166 valence electrons. The van der Waals surface area contributed by atoms with E-state index in [4.69, 9.17) is 9.84 Å². The molecule has 0 atom stereocenters. The highest BCUT2D eigenvalue weighted by Gasteiger charge is 2.21. The number of benzene rings is 3. The van der Waals surface area contributed by atoms with Crippen molar-refractivity contribution in [2.75, 3.05) is 12.4 Å². The van der Waals surface area contributed by atoms with E-state index in [0.717, 1.165) is 17.0 Å². The Morgan fingerprint density at radius 1 is 0.853 bits per heavy atom. The van der Waals surface area contributed by atoms with Crippen LogP contribution in [0, 0.1) is 0 Å². The molecule has 0 spiro atoms. The van der Waals surface area contributed by atoms with E-state index < -0.39 is 0 Å². The summed E-state index contributed by atoms with van der Waals surface area (Å²) in [5.41, 5.74) is 2.22. The topological polar surface area (TPSA) is 90.8 Å². The van der Waals surface area contributed by atoms with Gasteiger partial charge in [0.2, 0.25) is 5.78 Å².